The van der Waals surface area contributed by atoms with E-state index in [9.17, 15) is 0 Å². The molecule has 0 aliphatic rings. The van der Waals surface area contributed by atoms with Crippen LogP contribution < -0.4 is 9.09 Å². The number of ether oxygens (including phenoxy) is 1. The van der Waals surface area contributed by atoms with E-state index in [1.54, 1.807) is 7.11 Å². The molecule has 1 aromatic carbocycles. The van der Waals surface area contributed by atoms with Gasteiger partial charge in [-0.25, -0.2) is 0 Å². The summed E-state index contributed by atoms with van der Waals surface area (Å²) in [7, 11) is 13.3. The summed E-state index contributed by atoms with van der Waals surface area (Å²) >= 11 is -1.83. The quantitative estimate of drug-likeness (QED) is 0.731. The Morgan fingerprint density at radius 2 is 1.91 bits per heavy atom. The Bertz CT molecular complexity index is 240. The predicted octanol–water partition coefficient (Wildman–Crippen LogP) is 1.87. The second-order valence-corrected chi connectivity index (χ2v) is 8.31. The Labute approximate surface area is 78.8 Å². The van der Waals surface area contributed by atoms with Gasteiger partial charge < -0.3 is 0 Å². The molecule has 0 N–H and O–H groups in total. The van der Waals surface area contributed by atoms with E-state index in [-0.39, 0.29) is 0 Å². The van der Waals surface area contributed by atoms with E-state index in [0.29, 0.717) is 0 Å². The summed E-state index contributed by atoms with van der Waals surface area (Å²) in [5.74, 6) is 0.789. The molecule has 1 aromatic rings. The van der Waals surface area contributed by atoms with Gasteiger partial charge in [0.2, 0.25) is 0 Å². The molecule has 0 aromatic heterocycles. The van der Waals surface area contributed by atoms with Crippen LogP contribution in [0, 0.1) is 0 Å². The van der Waals surface area contributed by atoms with Crippen molar-refractivity contribution in [2.75, 3.05) is 7.11 Å². The second-order valence-electron chi connectivity index (χ2n) is 1.90. The third kappa shape index (κ3) is 2.30. The molecule has 0 fully saturated rings. The number of rotatable bonds is 2. The van der Waals surface area contributed by atoms with Gasteiger partial charge in [-0.2, -0.15) is 0 Å². The Kier molecular flexibility index (Phi) is 3.57. The van der Waals surface area contributed by atoms with E-state index >= 15 is 0 Å². The summed E-state index contributed by atoms with van der Waals surface area (Å²) in [4.78, 5) is 0. The maximum atomic E-state index is 5.82. The number of halogens is 2. The van der Waals surface area contributed by atoms with Crippen molar-refractivity contribution < 1.29 is 4.74 Å². The van der Waals surface area contributed by atoms with Gasteiger partial charge in [-0.1, -0.05) is 0 Å². The second kappa shape index (κ2) is 4.25. The normalized spacial score (nSPS) is 10.2. The minimum absolute atomic E-state index is 0.789. The monoisotopic (exact) mass is 252 g/mol. The fourth-order valence-electron chi connectivity index (χ4n) is 0.769. The average molecular weight is 253 g/mol. The number of para-hydroxylation sites is 1. The van der Waals surface area contributed by atoms with Crippen molar-refractivity contribution in [3.05, 3.63) is 24.3 Å². The number of benzene rings is 1. The fourth-order valence-corrected chi connectivity index (χ4v) is 3.34. The van der Waals surface area contributed by atoms with Crippen LogP contribution in [0.4, 0.5) is 0 Å². The molecule has 1 nitrogen and oxygen atoms in total. The van der Waals surface area contributed by atoms with Gasteiger partial charge in [-0.3, -0.25) is 0 Å². The van der Waals surface area contributed by atoms with Crippen molar-refractivity contribution in [1.29, 1.82) is 0 Å². The van der Waals surface area contributed by atoms with E-state index in [1.165, 1.54) is 0 Å². The molecule has 0 unspecified atom stereocenters. The molecular formula is C7H7AsCl2O. The maximum absolute atomic E-state index is 5.82. The first-order chi connectivity index (χ1) is 5.25. The SMILES string of the molecule is COc1ccccc1[As](Cl)Cl. The van der Waals surface area contributed by atoms with Crippen molar-refractivity contribution in [3.8, 4) is 5.75 Å². The summed E-state index contributed by atoms with van der Waals surface area (Å²) in [6, 6.07) is 7.57. The molecule has 11 heavy (non-hydrogen) atoms. The average Bonchev–Trinajstić information content (AvgIpc) is 2.04. The van der Waals surface area contributed by atoms with E-state index < -0.39 is 12.8 Å². The third-order valence-electron chi connectivity index (χ3n) is 1.27. The molecular weight excluding hydrogens is 246 g/mol. The van der Waals surface area contributed by atoms with Gasteiger partial charge >= 0.3 is 78.9 Å². The zero-order valence-corrected chi connectivity index (χ0v) is 9.31. The van der Waals surface area contributed by atoms with Crippen LogP contribution in [0.3, 0.4) is 0 Å². The van der Waals surface area contributed by atoms with Crippen LogP contribution in [0.1, 0.15) is 0 Å². The Balaban J connectivity index is 3.02. The molecule has 0 aliphatic carbocycles. The van der Waals surface area contributed by atoms with Gasteiger partial charge in [0.1, 0.15) is 0 Å². The van der Waals surface area contributed by atoms with Gasteiger partial charge in [0.15, 0.2) is 0 Å². The van der Waals surface area contributed by atoms with Crippen molar-refractivity contribution >= 4 is 37.0 Å². The molecule has 4 heteroatoms. The Hall–Kier alpha value is 0.158. The fraction of sp³-hybridized carbons (Fsp3) is 0.143. The molecule has 0 spiro atoms. The van der Waals surface area contributed by atoms with Gasteiger partial charge in [-0.15, -0.1) is 0 Å². The number of hydrogen-bond donors (Lipinski definition) is 0. The molecule has 0 bridgehead atoms. The minimum atomic E-state index is -1.83. The van der Waals surface area contributed by atoms with Crippen LogP contribution in [0.5, 0.6) is 5.75 Å². The Morgan fingerprint density at radius 3 is 2.36 bits per heavy atom. The first kappa shape index (κ1) is 9.25. The Morgan fingerprint density at radius 1 is 1.27 bits per heavy atom. The van der Waals surface area contributed by atoms with Crippen molar-refractivity contribution in [2.45, 2.75) is 0 Å². The van der Waals surface area contributed by atoms with Crippen LogP contribution in [-0.2, 0) is 0 Å². The van der Waals surface area contributed by atoms with Gasteiger partial charge in [0, 0.05) is 0 Å². The van der Waals surface area contributed by atoms with Crippen LogP contribution >= 0.6 is 19.9 Å². The van der Waals surface area contributed by atoms with Crippen molar-refractivity contribution in [1.82, 2.24) is 0 Å². The molecule has 0 radical (unpaired) electrons. The number of methoxy groups -OCH3 is 1. The molecule has 0 heterocycles. The molecule has 60 valence electrons. The number of hydrogen-bond acceptors (Lipinski definition) is 1. The van der Waals surface area contributed by atoms with Gasteiger partial charge in [0.25, 0.3) is 0 Å². The third-order valence-corrected chi connectivity index (χ3v) is 4.70. The summed E-state index contributed by atoms with van der Waals surface area (Å²) in [5, 5.41) is 0. The summed E-state index contributed by atoms with van der Waals surface area (Å²) in [5.41, 5.74) is 0. The summed E-state index contributed by atoms with van der Waals surface area (Å²) in [6.07, 6.45) is 0. The van der Waals surface area contributed by atoms with Crippen LogP contribution in [0.15, 0.2) is 24.3 Å². The zero-order valence-electron chi connectivity index (χ0n) is 5.92. The van der Waals surface area contributed by atoms with E-state index in [2.05, 4.69) is 0 Å². The van der Waals surface area contributed by atoms with Gasteiger partial charge in [-0.05, 0) is 0 Å². The van der Waals surface area contributed by atoms with Crippen molar-refractivity contribution in [3.63, 3.8) is 0 Å². The predicted molar refractivity (Wildman–Crippen MR) is 50.1 cm³/mol. The van der Waals surface area contributed by atoms with Crippen LogP contribution in [0.25, 0.3) is 0 Å². The van der Waals surface area contributed by atoms with E-state index in [4.69, 9.17) is 24.6 Å². The molecule has 0 atom stereocenters. The summed E-state index contributed by atoms with van der Waals surface area (Å²) < 4.78 is 6.02. The zero-order chi connectivity index (χ0) is 8.27. The van der Waals surface area contributed by atoms with Crippen molar-refractivity contribution in [2.24, 2.45) is 0 Å². The van der Waals surface area contributed by atoms with Crippen LogP contribution in [0.2, 0.25) is 0 Å². The molecule has 0 aliphatic heterocycles. The van der Waals surface area contributed by atoms with E-state index in [1.807, 2.05) is 24.3 Å². The van der Waals surface area contributed by atoms with E-state index in [0.717, 1.165) is 10.1 Å². The molecule has 0 saturated carbocycles. The topological polar surface area (TPSA) is 9.23 Å². The van der Waals surface area contributed by atoms with Crippen LogP contribution in [-0.4, -0.2) is 19.9 Å². The summed E-state index contributed by atoms with van der Waals surface area (Å²) in [6.45, 7) is 0. The molecule has 1 rings (SSSR count). The molecule has 0 amide bonds. The molecule has 0 saturated heterocycles. The standard InChI is InChI=1S/C7H7AsCl2O/c1-11-7-5-3-2-4-6(7)8(9)10/h2-5H,1H3. The van der Waals surface area contributed by atoms with Gasteiger partial charge in [0.05, 0.1) is 0 Å². The first-order valence-electron chi connectivity index (χ1n) is 3.00. The first-order valence-corrected chi connectivity index (χ1v) is 8.87.